The zero-order valence-electron chi connectivity index (χ0n) is 30.4. The number of benzene rings is 8. The van der Waals surface area contributed by atoms with Crippen molar-refractivity contribution in [3.63, 3.8) is 0 Å². The molecule has 1 aliphatic carbocycles. The number of amidine groups is 2. The second-order valence-electron chi connectivity index (χ2n) is 14.5. The summed E-state index contributed by atoms with van der Waals surface area (Å²) in [6, 6.07) is 71.2. The molecule has 264 valence electrons. The molecule has 0 saturated heterocycles. The second kappa shape index (κ2) is 12.9. The molecular weight excluding hydrogens is 683 g/mol. The summed E-state index contributed by atoms with van der Waals surface area (Å²) in [6.45, 7) is 0. The molecule has 1 aromatic heterocycles. The molecule has 0 amide bonds. The quantitative estimate of drug-likeness (QED) is 0.186. The van der Waals surface area contributed by atoms with Gasteiger partial charge in [-0.15, -0.1) is 0 Å². The molecular formula is C52H35N3O. The van der Waals surface area contributed by atoms with Crippen LogP contribution in [-0.2, 0) is 5.41 Å². The summed E-state index contributed by atoms with van der Waals surface area (Å²) >= 11 is 0. The minimum atomic E-state index is -0.454. The third kappa shape index (κ3) is 5.07. The highest BCUT2D eigenvalue weighted by molar-refractivity contribution is 6.17. The Hall–Kier alpha value is -7.30. The molecule has 9 aromatic rings. The molecule has 2 heterocycles. The van der Waals surface area contributed by atoms with Crippen LogP contribution in [0.1, 0.15) is 45.1 Å². The maximum atomic E-state index is 6.68. The molecule has 56 heavy (non-hydrogen) atoms. The number of aliphatic imine (C=N–C) groups is 2. The van der Waals surface area contributed by atoms with Crippen LogP contribution in [-0.4, -0.2) is 11.7 Å². The van der Waals surface area contributed by atoms with E-state index in [2.05, 4.69) is 169 Å². The predicted molar refractivity (Wildman–Crippen MR) is 228 cm³/mol. The van der Waals surface area contributed by atoms with Crippen molar-refractivity contribution in [3.05, 3.63) is 239 Å². The van der Waals surface area contributed by atoms with Gasteiger partial charge in [0, 0.05) is 21.9 Å². The number of nitrogens with one attached hydrogen (secondary N) is 1. The third-order valence-electron chi connectivity index (χ3n) is 11.4. The van der Waals surface area contributed by atoms with Crippen LogP contribution in [0, 0.1) is 0 Å². The van der Waals surface area contributed by atoms with Gasteiger partial charge in [0.05, 0.1) is 5.41 Å². The summed E-state index contributed by atoms with van der Waals surface area (Å²) in [4.78, 5) is 10.1. The van der Waals surface area contributed by atoms with Crippen LogP contribution >= 0.6 is 0 Å². The van der Waals surface area contributed by atoms with E-state index in [1.54, 1.807) is 0 Å². The molecule has 4 nitrogen and oxygen atoms in total. The molecule has 11 rings (SSSR count). The number of rotatable bonds is 6. The van der Waals surface area contributed by atoms with E-state index in [4.69, 9.17) is 14.4 Å². The van der Waals surface area contributed by atoms with Crippen molar-refractivity contribution in [2.45, 2.75) is 11.6 Å². The average Bonchev–Trinajstić information content (AvgIpc) is 3.80. The topological polar surface area (TPSA) is 49.9 Å². The Bertz CT molecular complexity index is 2940. The highest BCUT2D eigenvalue weighted by atomic mass is 16.3. The van der Waals surface area contributed by atoms with Crippen LogP contribution in [0.5, 0.6) is 0 Å². The van der Waals surface area contributed by atoms with Crippen LogP contribution in [0.15, 0.2) is 215 Å². The largest absolute Gasteiger partial charge is 0.456 e. The lowest BCUT2D eigenvalue weighted by atomic mass is 9.67. The van der Waals surface area contributed by atoms with Gasteiger partial charge in [-0.1, -0.05) is 170 Å². The summed E-state index contributed by atoms with van der Waals surface area (Å²) in [6.07, 6.45) is -0.362. The van der Waals surface area contributed by atoms with Crippen molar-refractivity contribution in [3.8, 4) is 22.3 Å². The number of nitrogens with zero attached hydrogens (tertiary/aromatic N) is 2. The first-order valence-corrected chi connectivity index (χ1v) is 19.1. The van der Waals surface area contributed by atoms with E-state index in [0.29, 0.717) is 0 Å². The third-order valence-corrected chi connectivity index (χ3v) is 11.4. The summed E-state index contributed by atoms with van der Waals surface area (Å²) in [5.41, 5.74) is 14.1. The highest BCUT2D eigenvalue weighted by Crippen LogP contribution is 2.56. The van der Waals surface area contributed by atoms with Gasteiger partial charge < -0.3 is 9.73 Å². The Kier molecular flexibility index (Phi) is 7.42. The molecule has 4 heteroatoms. The molecule has 0 radical (unpaired) electrons. The van der Waals surface area contributed by atoms with E-state index in [-0.39, 0.29) is 6.17 Å². The normalized spacial score (nSPS) is 15.5. The summed E-state index contributed by atoms with van der Waals surface area (Å²) in [7, 11) is 0. The number of furan rings is 1. The van der Waals surface area contributed by atoms with E-state index in [0.717, 1.165) is 61.4 Å². The lowest BCUT2D eigenvalue weighted by molar-refractivity contribution is 0.669. The fourth-order valence-electron chi connectivity index (χ4n) is 8.84. The second-order valence-corrected chi connectivity index (χ2v) is 14.5. The molecule has 1 aliphatic heterocycles. The number of hydrogen-bond donors (Lipinski definition) is 1. The number of hydrogen-bond acceptors (Lipinski definition) is 4. The van der Waals surface area contributed by atoms with Crippen LogP contribution in [0.2, 0.25) is 0 Å². The highest BCUT2D eigenvalue weighted by Gasteiger charge is 2.46. The lowest BCUT2D eigenvalue weighted by Gasteiger charge is -2.34. The lowest BCUT2D eigenvalue weighted by Crippen LogP contribution is -2.36. The standard InChI is InChI=1S/C52H35N3O/c1-5-15-34(16-6-1)49-53-50(35-17-7-2-8-18-35)55-51(54-49)38-27-30-44-43-29-26-37(32-47(43)56-48(44)33-38)36-25-28-42-41-23-13-14-24-45(41)52(46(42)31-36,39-19-9-3-10-20-39)40-21-11-4-12-22-40/h1-33,49H,(H,53,54,55). The van der Waals surface area contributed by atoms with E-state index in [1.807, 2.05) is 36.4 Å². The van der Waals surface area contributed by atoms with Crippen LogP contribution in [0.3, 0.4) is 0 Å². The Balaban J connectivity index is 1.01. The van der Waals surface area contributed by atoms with Gasteiger partial charge in [0.15, 0.2) is 6.17 Å². The first-order chi connectivity index (χ1) is 27.7. The molecule has 1 N–H and O–H groups in total. The summed E-state index contributed by atoms with van der Waals surface area (Å²) < 4.78 is 6.68. The Morgan fingerprint density at radius 1 is 0.411 bits per heavy atom. The maximum absolute atomic E-state index is 6.68. The minimum Gasteiger partial charge on any atom is -0.456 e. The fraction of sp³-hybridized carbons (Fsp3) is 0.0385. The zero-order valence-corrected chi connectivity index (χ0v) is 30.4. The van der Waals surface area contributed by atoms with Gasteiger partial charge in [-0.2, -0.15) is 0 Å². The van der Waals surface area contributed by atoms with Gasteiger partial charge in [0.1, 0.15) is 22.8 Å². The molecule has 2 aliphatic rings. The first-order valence-electron chi connectivity index (χ1n) is 19.1. The minimum absolute atomic E-state index is 0.362. The summed E-state index contributed by atoms with van der Waals surface area (Å²) in [5.74, 6) is 1.55. The van der Waals surface area contributed by atoms with E-state index >= 15 is 0 Å². The predicted octanol–water partition coefficient (Wildman–Crippen LogP) is 12.1. The molecule has 1 atom stereocenters. The molecule has 0 spiro atoms. The molecule has 0 fully saturated rings. The SMILES string of the molecule is c1ccc(C2=NC(c3ccccc3)N=C(c3ccc4c(c3)oc3cc(-c5ccc6c(c5)C(c5ccccc5)(c5ccccc5)c5ccccc5-6)ccc34)N2)cc1. The van der Waals surface area contributed by atoms with Crippen LogP contribution in [0.4, 0.5) is 0 Å². The Labute approximate surface area is 325 Å². The summed E-state index contributed by atoms with van der Waals surface area (Å²) in [5, 5.41) is 5.68. The Morgan fingerprint density at radius 3 is 1.59 bits per heavy atom. The van der Waals surface area contributed by atoms with Crippen molar-refractivity contribution in [1.82, 2.24) is 5.32 Å². The average molecular weight is 718 g/mol. The van der Waals surface area contributed by atoms with Gasteiger partial charge in [-0.3, -0.25) is 0 Å². The van der Waals surface area contributed by atoms with Crippen molar-refractivity contribution in [2.24, 2.45) is 9.98 Å². The maximum Gasteiger partial charge on any atom is 0.169 e. The molecule has 0 saturated carbocycles. The van der Waals surface area contributed by atoms with Crippen LogP contribution < -0.4 is 5.32 Å². The van der Waals surface area contributed by atoms with Gasteiger partial charge in [-0.25, -0.2) is 9.98 Å². The smallest absolute Gasteiger partial charge is 0.169 e. The monoisotopic (exact) mass is 717 g/mol. The van der Waals surface area contributed by atoms with Crippen molar-refractivity contribution < 1.29 is 4.42 Å². The fourth-order valence-corrected chi connectivity index (χ4v) is 8.84. The number of fused-ring (bicyclic) bond motifs is 6. The van der Waals surface area contributed by atoms with Gasteiger partial charge in [0.2, 0.25) is 0 Å². The molecule has 1 unspecified atom stereocenters. The first kappa shape index (κ1) is 32.2. The van der Waals surface area contributed by atoms with Crippen molar-refractivity contribution in [1.29, 1.82) is 0 Å². The zero-order chi connectivity index (χ0) is 37.1. The van der Waals surface area contributed by atoms with Gasteiger partial charge in [0.25, 0.3) is 0 Å². The van der Waals surface area contributed by atoms with E-state index in [9.17, 15) is 0 Å². The van der Waals surface area contributed by atoms with Crippen LogP contribution in [0.25, 0.3) is 44.2 Å². The van der Waals surface area contributed by atoms with Gasteiger partial charge in [-0.05, 0) is 80.4 Å². The molecule has 0 bridgehead atoms. The Morgan fingerprint density at radius 2 is 0.911 bits per heavy atom. The van der Waals surface area contributed by atoms with E-state index in [1.165, 1.54) is 33.4 Å². The van der Waals surface area contributed by atoms with Gasteiger partial charge >= 0.3 is 0 Å². The van der Waals surface area contributed by atoms with Crippen molar-refractivity contribution >= 4 is 33.6 Å². The van der Waals surface area contributed by atoms with Crippen molar-refractivity contribution in [2.75, 3.05) is 0 Å². The van der Waals surface area contributed by atoms with E-state index < -0.39 is 5.41 Å². The molecule has 8 aromatic carbocycles.